The third-order valence-corrected chi connectivity index (χ3v) is 5.68. The van der Waals surface area contributed by atoms with Crippen molar-refractivity contribution in [3.63, 3.8) is 0 Å². The Hall–Kier alpha value is -4.20. The van der Waals surface area contributed by atoms with Crippen molar-refractivity contribution in [2.45, 2.75) is 58.0 Å². The molecule has 14 heteroatoms. The van der Waals surface area contributed by atoms with E-state index in [2.05, 4.69) is 24.7 Å². The van der Waals surface area contributed by atoms with E-state index < -0.39 is 35.5 Å². The molecule has 202 valence electrons. The van der Waals surface area contributed by atoms with Gasteiger partial charge in [-0.25, -0.2) is 29.5 Å². The minimum absolute atomic E-state index is 0.0398. The van der Waals surface area contributed by atoms with Gasteiger partial charge in [0.05, 0.1) is 13.7 Å². The van der Waals surface area contributed by atoms with Gasteiger partial charge in [0.2, 0.25) is 23.6 Å². The van der Waals surface area contributed by atoms with Crippen molar-refractivity contribution < 1.29 is 41.8 Å². The highest BCUT2D eigenvalue weighted by Gasteiger charge is 2.48. The quantitative estimate of drug-likeness (QED) is 0.441. The maximum Gasteiger partial charge on any atom is 0.413 e. The van der Waals surface area contributed by atoms with E-state index in [0.717, 1.165) is 0 Å². The third-order valence-electron chi connectivity index (χ3n) is 5.68. The number of methoxy groups -OCH3 is 1. The molecule has 3 aromatic rings. The van der Waals surface area contributed by atoms with Crippen LogP contribution in [0.2, 0.25) is 0 Å². The first-order valence-corrected chi connectivity index (χ1v) is 11.8. The molecule has 0 saturated carbocycles. The molecule has 1 amide bonds. The smallest absolute Gasteiger partial charge is 0.413 e. The van der Waals surface area contributed by atoms with E-state index in [1.165, 1.54) is 30.8 Å². The van der Waals surface area contributed by atoms with Crippen LogP contribution in [0.3, 0.4) is 0 Å². The Labute approximate surface area is 216 Å². The molecule has 3 aromatic heterocycles. The van der Waals surface area contributed by atoms with Gasteiger partial charge in [-0.3, -0.25) is 4.90 Å². The molecule has 2 atom stereocenters. The molecule has 14 nitrogen and oxygen atoms in total. The predicted octanol–water partition coefficient (Wildman–Crippen LogP) is 3.67. The van der Waals surface area contributed by atoms with E-state index in [4.69, 9.17) is 27.5 Å². The normalized spacial score (nSPS) is 20.8. The average Bonchev–Trinajstić information content (AvgIpc) is 3.65. The molecule has 1 fully saturated rings. The monoisotopic (exact) mass is 529 g/mol. The first kappa shape index (κ1) is 25.4. The average molecular weight is 530 g/mol. The highest BCUT2D eigenvalue weighted by atomic mass is 16.6. The standard InChI is InChI=1S/C24H27N5O9/c1-23(2,3)38-22(31)29-16(11-37-24(29,4)5)20-27-14(9-36-20)18-25-12(7-34-18)17-26-13(8-33-17)19-28-15(10-35-19)21(30)32-6/h7,9-10,13,16H,8,11H2,1-6H3/t13-,16-/m0/s1. The summed E-state index contributed by atoms with van der Waals surface area (Å²) in [4.78, 5) is 43.4. The van der Waals surface area contributed by atoms with Crippen LogP contribution in [-0.2, 0) is 18.9 Å². The predicted molar refractivity (Wildman–Crippen MR) is 126 cm³/mol. The Balaban J connectivity index is 1.32. The molecule has 5 rings (SSSR count). The molecule has 1 saturated heterocycles. The van der Waals surface area contributed by atoms with Crippen LogP contribution in [0, 0.1) is 0 Å². The SMILES string of the molecule is COC(=O)c1coc([C@@H]2COC(c3coc(-c4coc([C@@H]5COC(C)(C)N5C(=O)OC(C)(C)C)n4)n3)=N2)n1. The number of hydrogen-bond donors (Lipinski definition) is 0. The van der Waals surface area contributed by atoms with E-state index in [1.807, 2.05) is 0 Å². The zero-order valence-corrected chi connectivity index (χ0v) is 21.7. The van der Waals surface area contributed by atoms with Crippen molar-refractivity contribution in [1.29, 1.82) is 0 Å². The Morgan fingerprint density at radius 1 is 1.00 bits per heavy atom. The van der Waals surface area contributed by atoms with Crippen molar-refractivity contribution in [2.75, 3.05) is 20.3 Å². The van der Waals surface area contributed by atoms with Gasteiger partial charge >= 0.3 is 12.1 Å². The van der Waals surface area contributed by atoms with Gasteiger partial charge in [0.15, 0.2) is 23.1 Å². The lowest BCUT2D eigenvalue weighted by molar-refractivity contribution is -0.0634. The zero-order valence-electron chi connectivity index (χ0n) is 21.7. The molecule has 0 spiro atoms. The number of ether oxygens (including phenoxy) is 4. The third kappa shape index (κ3) is 4.86. The molecule has 0 radical (unpaired) electrons. The lowest BCUT2D eigenvalue weighted by Crippen LogP contribution is -2.47. The maximum atomic E-state index is 12.9. The van der Waals surface area contributed by atoms with E-state index in [0.29, 0.717) is 11.4 Å². The van der Waals surface area contributed by atoms with Crippen molar-refractivity contribution in [1.82, 2.24) is 19.9 Å². The van der Waals surface area contributed by atoms with Gasteiger partial charge in [-0.1, -0.05) is 0 Å². The van der Waals surface area contributed by atoms with Crippen LogP contribution in [0.15, 0.2) is 37.0 Å². The second-order valence-electron chi connectivity index (χ2n) is 10.1. The summed E-state index contributed by atoms with van der Waals surface area (Å²) in [7, 11) is 1.25. The number of oxazole rings is 3. The van der Waals surface area contributed by atoms with Crippen LogP contribution in [0.1, 0.15) is 74.7 Å². The number of esters is 1. The van der Waals surface area contributed by atoms with E-state index in [9.17, 15) is 9.59 Å². The van der Waals surface area contributed by atoms with E-state index in [1.54, 1.807) is 34.6 Å². The van der Waals surface area contributed by atoms with Gasteiger partial charge in [-0.05, 0) is 34.6 Å². The van der Waals surface area contributed by atoms with Crippen LogP contribution < -0.4 is 0 Å². The second-order valence-corrected chi connectivity index (χ2v) is 10.1. The van der Waals surface area contributed by atoms with Gasteiger partial charge < -0.3 is 32.2 Å². The Morgan fingerprint density at radius 3 is 2.47 bits per heavy atom. The Kier molecular flexibility index (Phi) is 6.21. The molecule has 0 bridgehead atoms. The zero-order chi connectivity index (χ0) is 27.2. The van der Waals surface area contributed by atoms with Crippen molar-refractivity contribution in [3.8, 4) is 11.6 Å². The molecule has 38 heavy (non-hydrogen) atoms. The molecule has 0 aromatic carbocycles. The van der Waals surface area contributed by atoms with Gasteiger partial charge in [-0.2, -0.15) is 0 Å². The molecule has 0 aliphatic carbocycles. The van der Waals surface area contributed by atoms with Crippen LogP contribution in [0.5, 0.6) is 0 Å². The molecular weight excluding hydrogens is 502 g/mol. The highest BCUT2D eigenvalue weighted by Crippen LogP contribution is 2.38. The van der Waals surface area contributed by atoms with Gasteiger partial charge in [0.25, 0.3) is 0 Å². The summed E-state index contributed by atoms with van der Waals surface area (Å²) in [5.74, 6) is 0.222. The number of rotatable bonds is 5. The largest absolute Gasteiger partial charge is 0.473 e. The lowest BCUT2D eigenvalue weighted by Gasteiger charge is -2.34. The summed E-state index contributed by atoms with van der Waals surface area (Å²) in [6, 6.07) is -1.17. The fourth-order valence-electron chi connectivity index (χ4n) is 3.95. The number of aromatic nitrogens is 3. The van der Waals surface area contributed by atoms with E-state index >= 15 is 0 Å². The van der Waals surface area contributed by atoms with Crippen LogP contribution in [-0.4, -0.2) is 69.5 Å². The minimum atomic E-state index is -0.924. The summed E-state index contributed by atoms with van der Waals surface area (Å²) in [6.07, 6.45) is 3.41. The summed E-state index contributed by atoms with van der Waals surface area (Å²) < 4.78 is 38.3. The summed E-state index contributed by atoms with van der Waals surface area (Å²) >= 11 is 0. The van der Waals surface area contributed by atoms with Gasteiger partial charge in [0, 0.05) is 0 Å². The topological polar surface area (TPSA) is 165 Å². The summed E-state index contributed by atoms with van der Waals surface area (Å²) in [6.45, 7) is 9.23. The molecule has 0 unspecified atom stereocenters. The van der Waals surface area contributed by atoms with Gasteiger partial charge in [-0.15, -0.1) is 0 Å². The van der Waals surface area contributed by atoms with Crippen LogP contribution in [0.4, 0.5) is 4.79 Å². The van der Waals surface area contributed by atoms with Crippen molar-refractivity contribution in [3.05, 3.63) is 42.0 Å². The van der Waals surface area contributed by atoms with Crippen LogP contribution in [0.25, 0.3) is 11.6 Å². The lowest BCUT2D eigenvalue weighted by atomic mass is 10.2. The first-order valence-electron chi connectivity index (χ1n) is 11.8. The molecule has 2 aliphatic rings. The fraction of sp³-hybridized carbons (Fsp3) is 0.500. The number of nitrogens with zero attached hydrogens (tertiary/aromatic N) is 5. The molecular formula is C24H27N5O9. The summed E-state index contributed by atoms with van der Waals surface area (Å²) in [5, 5.41) is 0. The van der Waals surface area contributed by atoms with Crippen molar-refractivity contribution >= 4 is 18.0 Å². The first-order chi connectivity index (χ1) is 17.9. The summed E-state index contributed by atoms with van der Waals surface area (Å²) in [5.41, 5.74) is -0.930. The maximum absolute atomic E-state index is 12.9. The number of aliphatic imine (C=N–C) groups is 1. The highest BCUT2D eigenvalue weighted by molar-refractivity contribution is 5.93. The minimum Gasteiger partial charge on any atom is -0.473 e. The van der Waals surface area contributed by atoms with Crippen LogP contribution >= 0.6 is 0 Å². The van der Waals surface area contributed by atoms with Gasteiger partial charge in [0.1, 0.15) is 42.8 Å². The fourth-order valence-corrected chi connectivity index (χ4v) is 3.95. The number of amides is 1. The van der Waals surface area contributed by atoms with E-state index in [-0.39, 0.29) is 42.5 Å². The van der Waals surface area contributed by atoms with Crippen molar-refractivity contribution in [2.24, 2.45) is 4.99 Å². The number of carbonyl (C=O) groups excluding carboxylic acids is 2. The number of carbonyl (C=O) groups is 2. The Morgan fingerprint density at radius 2 is 1.74 bits per heavy atom. The molecule has 0 N–H and O–H groups in total. The second kappa shape index (κ2) is 9.28. The number of hydrogen-bond acceptors (Lipinski definition) is 13. The molecule has 5 heterocycles. The Bertz CT molecular complexity index is 1380. The molecule has 2 aliphatic heterocycles.